The van der Waals surface area contributed by atoms with E-state index in [1.165, 1.54) is 0 Å². The fraction of sp³-hybridized carbons (Fsp3) is 0.0667. The lowest BCUT2D eigenvalue weighted by molar-refractivity contribution is 0.793. The second kappa shape index (κ2) is 4.45. The number of fused-ring (bicyclic) bond motifs is 1. The number of aromatic nitrogens is 2. The Morgan fingerprint density at radius 2 is 1.83 bits per heavy atom. The standard InChI is InChI=1S/C15H12N2O/c18-15-7-6-13-8-9-16-10-14(13)17(15)11-12-4-2-1-3-5-12/h1-10H,11H2. The maximum Gasteiger partial charge on any atom is 0.251 e. The van der Waals surface area contributed by atoms with Crippen molar-refractivity contribution in [1.29, 1.82) is 0 Å². The van der Waals surface area contributed by atoms with Gasteiger partial charge in [-0.1, -0.05) is 30.3 Å². The van der Waals surface area contributed by atoms with Gasteiger partial charge in [-0.25, -0.2) is 0 Å². The molecule has 0 fully saturated rings. The van der Waals surface area contributed by atoms with E-state index in [1.807, 2.05) is 42.5 Å². The van der Waals surface area contributed by atoms with Crippen LogP contribution in [0.4, 0.5) is 0 Å². The third-order valence-corrected chi connectivity index (χ3v) is 2.98. The number of pyridine rings is 2. The summed E-state index contributed by atoms with van der Waals surface area (Å²) in [7, 11) is 0. The minimum absolute atomic E-state index is 0.000599. The van der Waals surface area contributed by atoms with Gasteiger partial charge >= 0.3 is 0 Å². The van der Waals surface area contributed by atoms with Gasteiger partial charge in [-0.05, 0) is 17.7 Å². The quantitative estimate of drug-likeness (QED) is 0.685. The Hall–Kier alpha value is -2.42. The second-order valence-corrected chi connectivity index (χ2v) is 4.18. The molecule has 1 aromatic carbocycles. The third-order valence-electron chi connectivity index (χ3n) is 2.98. The van der Waals surface area contributed by atoms with E-state index in [9.17, 15) is 4.79 Å². The fourth-order valence-electron chi connectivity index (χ4n) is 2.06. The van der Waals surface area contributed by atoms with Crippen LogP contribution in [0.15, 0.2) is 65.7 Å². The molecule has 0 spiro atoms. The SMILES string of the molecule is O=c1ccc2ccncc2n1Cc1ccccc1. The maximum absolute atomic E-state index is 12.0. The minimum Gasteiger partial charge on any atom is -0.302 e. The predicted molar refractivity (Wildman–Crippen MR) is 71.5 cm³/mol. The Bertz CT molecular complexity index is 732. The Kier molecular flexibility index (Phi) is 2.65. The van der Waals surface area contributed by atoms with Gasteiger partial charge < -0.3 is 4.57 Å². The lowest BCUT2D eigenvalue weighted by atomic mass is 10.2. The molecule has 3 nitrogen and oxygen atoms in total. The monoisotopic (exact) mass is 236 g/mol. The van der Waals surface area contributed by atoms with Crippen LogP contribution >= 0.6 is 0 Å². The molecule has 0 saturated carbocycles. The van der Waals surface area contributed by atoms with Gasteiger partial charge in [0.05, 0.1) is 18.3 Å². The molecular formula is C15H12N2O. The number of nitrogens with zero attached hydrogens (tertiary/aromatic N) is 2. The fourth-order valence-corrected chi connectivity index (χ4v) is 2.06. The highest BCUT2D eigenvalue weighted by atomic mass is 16.1. The first-order valence-corrected chi connectivity index (χ1v) is 5.82. The Labute approximate surface area is 104 Å². The minimum atomic E-state index is -0.000599. The lowest BCUT2D eigenvalue weighted by Crippen LogP contribution is -2.19. The first kappa shape index (κ1) is 10.7. The third kappa shape index (κ3) is 1.91. The average Bonchev–Trinajstić information content (AvgIpc) is 2.43. The van der Waals surface area contributed by atoms with E-state index in [4.69, 9.17) is 0 Å². The van der Waals surface area contributed by atoms with Crippen molar-refractivity contribution in [2.75, 3.05) is 0 Å². The molecule has 18 heavy (non-hydrogen) atoms. The van der Waals surface area contributed by atoms with Crippen molar-refractivity contribution in [2.24, 2.45) is 0 Å². The van der Waals surface area contributed by atoms with Crippen LogP contribution in [0, 0.1) is 0 Å². The van der Waals surface area contributed by atoms with E-state index in [0.717, 1.165) is 16.5 Å². The van der Waals surface area contributed by atoms with Crippen LogP contribution in [0.2, 0.25) is 0 Å². The molecule has 2 heterocycles. The molecule has 0 amide bonds. The summed E-state index contributed by atoms with van der Waals surface area (Å²) in [5.41, 5.74) is 1.98. The number of hydrogen-bond donors (Lipinski definition) is 0. The van der Waals surface area contributed by atoms with Crippen molar-refractivity contribution < 1.29 is 0 Å². The first-order valence-electron chi connectivity index (χ1n) is 5.82. The molecule has 3 aromatic rings. The van der Waals surface area contributed by atoms with Crippen LogP contribution in [0.3, 0.4) is 0 Å². The van der Waals surface area contributed by atoms with Crippen molar-refractivity contribution in [3.05, 3.63) is 76.8 Å². The molecule has 0 radical (unpaired) electrons. The number of rotatable bonds is 2. The number of hydrogen-bond acceptors (Lipinski definition) is 2. The molecular weight excluding hydrogens is 224 g/mol. The molecule has 88 valence electrons. The van der Waals surface area contributed by atoms with Gasteiger partial charge in [-0.2, -0.15) is 0 Å². The first-order chi connectivity index (χ1) is 8.84. The van der Waals surface area contributed by atoms with Crippen molar-refractivity contribution in [3.8, 4) is 0 Å². The molecule has 0 bridgehead atoms. The van der Waals surface area contributed by atoms with Gasteiger partial charge in [-0.3, -0.25) is 9.78 Å². The molecule has 0 aliphatic heterocycles. The summed E-state index contributed by atoms with van der Waals surface area (Å²) < 4.78 is 1.75. The van der Waals surface area contributed by atoms with Crippen molar-refractivity contribution in [3.63, 3.8) is 0 Å². The Morgan fingerprint density at radius 1 is 1.00 bits per heavy atom. The van der Waals surface area contributed by atoms with E-state index < -0.39 is 0 Å². The second-order valence-electron chi connectivity index (χ2n) is 4.18. The lowest BCUT2D eigenvalue weighted by Gasteiger charge is -2.09. The normalized spacial score (nSPS) is 10.7. The molecule has 0 unspecified atom stereocenters. The van der Waals surface area contributed by atoms with Crippen molar-refractivity contribution in [1.82, 2.24) is 9.55 Å². The molecule has 0 atom stereocenters. The molecule has 0 aliphatic carbocycles. The average molecular weight is 236 g/mol. The summed E-state index contributed by atoms with van der Waals surface area (Å²) >= 11 is 0. The van der Waals surface area contributed by atoms with E-state index in [-0.39, 0.29) is 5.56 Å². The predicted octanol–water partition coefficient (Wildman–Crippen LogP) is 2.44. The summed E-state index contributed by atoms with van der Waals surface area (Å²) in [5.74, 6) is 0. The topological polar surface area (TPSA) is 34.9 Å². The highest BCUT2D eigenvalue weighted by Gasteiger charge is 2.03. The van der Waals surface area contributed by atoms with E-state index in [2.05, 4.69) is 4.98 Å². The Morgan fingerprint density at radius 3 is 2.67 bits per heavy atom. The zero-order chi connectivity index (χ0) is 12.4. The summed E-state index contributed by atoms with van der Waals surface area (Å²) in [6.45, 7) is 0.572. The molecule has 0 N–H and O–H groups in total. The molecule has 2 aromatic heterocycles. The summed E-state index contributed by atoms with van der Waals surface area (Å²) in [6, 6.07) is 15.3. The van der Waals surface area contributed by atoms with Gasteiger partial charge in [0.25, 0.3) is 5.56 Å². The van der Waals surface area contributed by atoms with Gasteiger partial charge in [0.2, 0.25) is 0 Å². The van der Waals surface area contributed by atoms with E-state index in [0.29, 0.717) is 6.54 Å². The summed E-state index contributed by atoms with van der Waals surface area (Å²) in [4.78, 5) is 16.1. The molecule has 0 aliphatic rings. The molecule has 0 saturated heterocycles. The maximum atomic E-state index is 12.0. The number of benzene rings is 1. The van der Waals surface area contributed by atoms with E-state index in [1.54, 1.807) is 23.0 Å². The van der Waals surface area contributed by atoms with Crippen LogP contribution in [0.25, 0.3) is 10.9 Å². The Balaban J connectivity index is 2.16. The van der Waals surface area contributed by atoms with Crippen LogP contribution in [-0.4, -0.2) is 9.55 Å². The van der Waals surface area contributed by atoms with E-state index >= 15 is 0 Å². The smallest absolute Gasteiger partial charge is 0.251 e. The van der Waals surface area contributed by atoms with Crippen molar-refractivity contribution in [2.45, 2.75) is 6.54 Å². The van der Waals surface area contributed by atoms with Crippen molar-refractivity contribution >= 4 is 10.9 Å². The van der Waals surface area contributed by atoms with Gasteiger partial charge in [-0.15, -0.1) is 0 Å². The zero-order valence-electron chi connectivity index (χ0n) is 9.78. The highest BCUT2D eigenvalue weighted by molar-refractivity contribution is 5.77. The summed E-state index contributed by atoms with van der Waals surface area (Å²) in [6.07, 6.45) is 3.47. The molecule has 3 rings (SSSR count). The van der Waals surface area contributed by atoms with Crippen LogP contribution in [0.1, 0.15) is 5.56 Å². The largest absolute Gasteiger partial charge is 0.302 e. The van der Waals surface area contributed by atoms with Crippen LogP contribution in [0.5, 0.6) is 0 Å². The molecule has 3 heteroatoms. The summed E-state index contributed by atoms with van der Waals surface area (Å²) in [5, 5.41) is 1.03. The highest BCUT2D eigenvalue weighted by Crippen LogP contribution is 2.11. The van der Waals surface area contributed by atoms with Crippen LogP contribution < -0.4 is 5.56 Å². The zero-order valence-corrected chi connectivity index (χ0v) is 9.78. The van der Waals surface area contributed by atoms with Gasteiger partial charge in [0, 0.05) is 17.6 Å². The van der Waals surface area contributed by atoms with Gasteiger partial charge in [0.15, 0.2) is 0 Å². The van der Waals surface area contributed by atoms with Crippen LogP contribution in [-0.2, 0) is 6.54 Å². The van der Waals surface area contributed by atoms with Gasteiger partial charge in [0.1, 0.15) is 0 Å².